The quantitative estimate of drug-likeness (QED) is 0.776. The summed E-state index contributed by atoms with van der Waals surface area (Å²) in [7, 11) is 0. The van der Waals surface area contributed by atoms with E-state index >= 15 is 0 Å². The molecule has 3 nitrogen and oxygen atoms in total. The van der Waals surface area contributed by atoms with Crippen LogP contribution in [0, 0.1) is 0 Å². The van der Waals surface area contributed by atoms with Crippen molar-refractivity contribution in [2.75, 3.05) is 0 Å². The number of carboxylic acid groups (broad SMARTS) is 1. The fourth-order valence-electron chi connectivity index (χ4n) is 0.414. The second kappa shape index (κ2) is 3.36. The molecule has 1 aromatic heterocycles. The van der Waals surface area contributed by atoms with Gasteiger partial charge in [-0.1, -0.05) is 0 Å². The zero-order valence-corrected chi connectivity index (χ0v) is 7.16. The molecule has 0 aliphatic rings. The van der Waals surface area contributed by atoms with Gasteiger partial charge in [-0.15, -0.1) is 11.3 Å². The molecule has 0 fully saturated rings. The molecule has 0 bridgehead atoms. The van der Waals surface area contributed by atoms with Gasteiger partial charge in [-0.2, -0.15) is 8.78 Å². The highest BCUT2D eigenvalue weighted by molar-refractivity contribution is 8.02. The summed E-state index contributed by atoms with van der Waals surface area (Å²) in [5.41, 5.74) is 0. The van der Waals surface area contributed by atoms with Gasteiger partial charge >= 0.3 is 11.2 Å². The number of rotatable bonds is 3. The summed E-state index contributed by atoms with van der Waals surface area (Å²) in [5.74, 6) is -2.15. The number of hydrogen-bond acceptors (Lipinski definition) is 4. The Hall–Kier alpha value is -0.690. The lowest BCUT2D eigenvalue weighted by atomic mass is 10.7. The van der Waals surface area contributed by atoms with Crippen LogP contribution < -0.4 is 0 Å². The van der Waals surface area contributed by atoms with Crippen molar-refractivity contribution in [2.45, 2.75) is 9.59 Å². The maximum Gasteiger partial charge on any atom is 0.395 e. The van der Waals surface area contributed by atoms with E-state index in [9.17, 15) is 13.6 Å². The SMILES string of the molecule is O=C(O)C(F)(F)Sc1nccs1. The molecule has 66 valence electrons. The monoisotopic (exact) mass is 211 g/mol. The van der Waals surface area contributed by atoms with E-state index in [1.54, 1.807) is 0 Å². The van der Waals surface area contributed by atoms with E-state index in [1.807, 2.05) is 0 Å². The number of nitrogens with zero attached hydrogens (tertiary/aromatic N) is 1. The van der Waals surface area contributed by atoms with Crippen LogP contribution in [0.2, 0.25) is 0 Å². The summed E-state index contributed by atoms with van der Waals surface area (Å²) in [6, 6.07) is 0. The number of carboxylic acids is 1. The highest BCUT2D eigenvalue weighted by atomic mass is 32.2. The number of hydrogen-bond donors (Lipinski definition) is 1. The molecule has 1 heterocycles. The predicted molar refractivity (Wildman–Crippen MR) is 40.6 cm³/mol. The molecule has 0 aliphatic heterocycles. The third-order valence-corrected chi connectivity index (χ3v) is 2.69. The lowest BCUT2D eigenvalue weighted by molar-refractivity contribution is -0.152. The lowest BCUT2D eigenvalue weighted by Crippen LogP contribution is -2.23. The van der Waals surface area contributed by atoms with Crippen molar-refractivity contribution in [3.63, 3.8) is 0 Å². The average molecular weight is 211 g/mol. The van der Waals surface area contributed by atoms with Crippen LogP contribution in [-0.2, 0) is 4.79 Å². The summed E-state index contributed by atoms with van der Waals surface area (Å²) in [5, 5.41) is 5.75. The van der Waals surface area contributed by atoms with Gasteiger partial charge in [0.2, 0.25) is 0 Å². The molecule has 0 unspecified atom stereocenters. The van der Waals surface area contributed by atoms with Crippen LogP contribution in [0.5, 0.6) is 0 Å². The van der Waals surface area contributed by atoms with Gasteiger partial charge < -0.3 is 5.11 Å². The molecule has 0 radical (unpaired) electrons. The molecule has 1 N–H and O–H groups in total. The summed E-state index contributed by atoms with van der Waals surface area (Å²) < 4.78 is 24.9. The number of thiazole rings is 1. The van der Waals surface area contributed by atoms with Crippen molar-refractivity contribution < 1.29 is 18.7 Å². The normalized spacial score (nSPS) is 11.5. The molecular formula is C5H3F2NO2S2. The molecule has 0 saturated heterocycles. The number of aromatic nitrogens is 1. The standard InChI is InChI=1S/C5H3F2NO2S2/c6-5(7,3(9)10)12-4-8-1-2-11-4/h1-2H,(H,9,10). The van der Waals surface area contributed by atoms with Gasteiger partial charge in [-0.3, -0.25) is 0 Å². The second-order valence-electron chi connectivity index (χ2n) is 1.72. The van der Waals surface area contributed by atoms with Gasteiger partial charge in [0.25, 0.3) is 0 Å². The minimum Gasteiger partial charge on any atom is -0.476 e. The van der Waals surface area contributed by atoms with Crippen LogP contribution in [0.4, 0.5) is 8.78 Å². The van der Waals surface area contributed by atoms with E-state index in [0.29, 0.717) is 0 Å². The van der Waals surface area contributed by atoms with E-state index in [1.165, 1.54) is 11.6 Å². The Morgan fingerprint density at radius 2 is 2.42 bits per heavy atom. The lowest BCUT2D eigenvalue weighted by Gasteiger charge is -2.06. The van der Waals surface area contributed by atoms with E-state index in [-0.39, 0.29) is 16.1 Å². The smallest absolute Gasteiger partial charge is 0.395 e. The summed E-state index contributed by atoms with van der Waals surface area (Å²) in [4.78, 5) is 13.5. The second-order valence-corrected chi connectivity index (χ2v) is 3.98. The molecular weight excluding hydrogens is 208 g/mol. The topological polar surface area (TPSA) is 50.2 Å². The Morgan fingerprint density at radius 1 is 1.75 bits per heavy atom. The van der Waals surface area contributed by atoms with Crippen LogP contribution in [-0.4, -0.2) is 21.3 Å². The highest BCUT2D eigenvalue weighted by Gasteiger charge is 2.41. The molecule has 0 saturated carbocycles. The minimum absolute atomic E-state index is 0.0439. The predicted octanol–water partition coefficient (Wildman–Crippen LogP) is 1.91. The summed E-state index contributed by atoms with van der Waals surface area (Å²) >= 11 is 0.911. The highest BCUT2D eigenvalue weighted by Crippen LogP contribution is 2.36. The number of aliphatic carboxylic acids is 1. The average Bonchev–Trinajstić information content (AvgIpc) is 2.38. The molecule has 1 rings (SSSR count). The van der Waals surface area contributed by atoms with Gasteiger partial charge in [0, 0.05) is 11.6 Å². The van der Waals surface area contributed by atoms with Gasteiger partial charge in [-0.05, 0) is 11.8 Å². The fourth-order valence-corrected chi connectivity index (χ4v) is 1.87. The number of halogens is 2. The van der Waals surface area contributed by atoms with E-state index < -0.39 is 11.2 Å². The molecule has 0 amide bonds. The van der Waals surface area contributed by atoms with Crippen LogP contribution >= 0.6 is 23.1 Å². The third kappa shape index (κ3) is 2.15. The zero-order valence-electron chi connectivity index (χ0n) is 5.53. The first-order valence-electron chi connectivity index (χ1n) is 2.72. The molecule has 0 aliphatic carbocycles. The molecule has 0 spiro atoms. The Bertz CT molecular complexity index is 275. The van der Waals surface area contributed by atoms with Gasteiger partial charge in [-0.25, -0.2) is 9.78 Å². The van der Waals surface area contributed by atoms with Crippen LogP contribution in [0.15, 0.2) is 15.9 Å². The molecule has 0 atom stereocenters. The Labute approximate surface area is 74.4 Å². The van der Waals surface area contributed by atoms with E-state index in [2.05, 4.69) is 4.98 Å². The summed E-state index contributed by atoms with van der Waals surface area (Å²) in [6.45, 7) is 0. The molecule has 12 heavy (non-hydrogen) atoms. The zero-order chi connectivity index (χ0) is 9.19. The maximum atomic E-state index is 12.4. The van der Waals surface area contributed by atoms with Gasteiger partial charge in [0.1, 0.15) is 0 Å². The minimum atomic E-state index is -3.79. The van der Waals surface area contributed by atoms with E-state index in [0.717, 1.165) is 11.3 Å². The van der Waals surface area contributed by atoms with Crippen molar-refractivity contribution in [1.29, 1.82) is 0 Å². The molecule has 1 aromatic rings. The van der Waals surface area contributed by atoms with Crippen molar-refractivity contribution in [1.82, 2.24) is 4.98 Å². The first kappa shape index (κ1) is 9.40. The molecule has 7 heteroatoms. The Morgan fingerprint density at radius 3 is 2.83 bits per heavy atom. The fraction of sp³-hybridized carbons (Fsp3) is 0.200. The number of alkyl halides is 2. The summed E-state index contributed by atoms with van der Waals surface area (Å²) in [6.07, 6.45) is 1.34. The van der Waals surface area contributed by atoms with Crippen LogP contribution in [0.25, 0.3) is 0 Å². The maximum absolute atomic E-state index is 12.4. The first-order valence-corrected chi connectivity index (χ1v) is 4.42. The van der Waals surface area contributed by atoms with Crippen molar-refractivity contribution >= 4 is 29.1 Å². The largest absolute Gasteiger partial charge is 0.476 e. The van der Waals surface area contributed by atoms with Crippen molar-refractivity contribution in [3.05, 3.63) is 11.6 Å². The van der Waals surface area contributed by atoms with Gasteiger partial charge in [0.15, 0.2) is 4.34 Å². The first-order chi connectivity index (χ1) is 5.52. The Kier molecular flexibility index (Phi) is 2.63. The molecule has 0 aromatic carbocycles. The Balaban J connectivity index is 2.69. The number of carbonyl (C=O) groups is 1. The van der Waals surface area contributed by atoms with Gasteiger partial charge in [0.05, 0.1) is 0 Å². The van der Waals surface area contributed by atoms with Crippen LogP contribution in [0.1, 0.15) is 0 Å². The third-order valence-electron chi connectivity index (χ3n) is 0.874. The van der Waals surface area contributed by atoms with Crippen molar-refractivity contribution in [3.8, 4) is 0 Å². The van der Waals surface area contributed by atoms with Crippen LogP contribution in [0.3, 0.4) is 0 Å². The number of thioether (sulfide) groups is 1. The van der Waals surface area contributed by atoms with Crippen molar-refractivity contribution in [2.24, 2.45) is 0 Å². The van der Waals surface area contributed by atoms with E-state index in [4.69, 9.17) is 5.11 Å².